The largest absolute Gasteiger partial charge is 0.325 e. The van der Waals surface area contributed by atoms with E-state index in [-0.39, 0.29) is 11.9 Å². The summed E-state index contributed by atoms with van der Waals surface area (Å²) < 4.78 is 0. The zero-order chi connectivity index (χ0) is 17.5. The lowest BCUT2D eigenvalue weighted by atomic mass is 10.00. The molecule has 3 N–H and O–H groups in total. The van der Waals surface area contributed by atoms with Gasteiger partial charge in [0.25, 0.3) is 0 Å². The summed E-state index contributed by atoms with van der Waals surface area (Å²) in [6.45, 7) is 11.7. The molecule has 134 valence electrons. The standard InChI is InChI=1S/C19H32N4O/c1-5-23(6-2)13-15-8-7-9-16(11-15)20-19(24)18-12-17(21-22-18)10-14(3)4/h7-9,11,14,17-18,21-22H,5-6,10,12-13H2,1-4H3,(H,20,24). The van der Waals surface area contributed by atoms with Crippen molar-refractivity contribution in [3.63, 3.8) is 0 Å². The van der Waals surface area contributed by atoms with Crippen LogP contribution in [0.3, 0.4) is 0 Å². The van der Waals surface area contributed by atoms with Crippen molar-refractivity contribution < 1.29 is 4.79 Å². The smallest absolute Gasteiger partial charge is 0.242 e. The van der Waals surface area contributed by atoms with E-state index >= 15 is 0 Å². The molecule has 2 atom stereocenters. The third-order valence-electron chi connectivity index (χ3n) is 4.55. The molecule has 1 heterocycles. The minimum Gasteiger partial charge on any atom is -0.325 e. The summed E-state index contributed by atoms with van der Waals surface area (Å²) in [6, 6.07) is 8.36. The van der Waals surface area contributed by atoms with Crippen LogP contribution in [-0.2, 0) is 11.3 Å². The van der Waals surface area contributed by atoms with Gasteiger partial charge < -0.3 is 5.32 Å². The highest BCUT2D eigenvalue weighted by Crippen LogP contribution is 2.17. The molecule has 1 aromatic rings. The highest BCUT2D eigenvalue weighted by molar-refractivity contribution is 5.95. The van der Waals surface area contributed by atoms with Crippen molar-refractivity contribution in [3.05, 3.63) is 29.8 Å². The van der Waals surface area contributed by atoms with Crippen molar-refractivity contribution in [1.29, 1.82) is 0 Å². The van der Waals surface area contributed by atoms with Crippen LogP contribution in [0, 0.1) is 5.92 Å². The molecule has 0 spiro atoms. The van der Waals surface area contributed by atoms with Gasteiger partial charge in [0, 0.05) is 18.3 Å². The second-order valence-corrected chi connectivity index (χ2v) is 7.05. The fourth-order valence-electron chi connectivity index (χ4n) is 3.20. The molecule has 0 aliphatic carbocycles. The summed E-state index contributed by atoms with van der Waals surface area (Å²) >= 11 is 0. The number of carbonyl (C=O) groups excluding carboxylic acids is 1. The number of hydrazine groups is 1. The van der Waals surface area contributed by atoms with Gasteiger partial charge in [0.1, 0.15) is 6.04 Å². The molecule has 2 unspecified atom stereocenters. The molecule has 1 aromatic carbocycles. The molecule has 24 heavy (non-hydrogen) atoms. The van der Waals surface area contributed by atoms with Crippen molar-refractivity contribution in [2.75, 3.05) is 18.4 Å². The molecule has 0 radical (unpaired) electrons. The van der Waals surface area contributed by atoms with Gasteiger partial charge in [0.2, 0.25) is 5.91 Å². The molecular formula is C19H32N4O. The second-order valence-electron chi connectivity index (χ2n) is 7.05. The number of nitrogens with zero attached hydrogens (tertiary/aromatic N) is 1. The Hall–Kier alpha value is -1.43. The number of amides is 1. The van der Waals surface area contributed by atoms with Crippen LogP contribution in [0.1, 0.15) is 46.1 Å². The number of nitrogens with one attached hydrogen (secondary N) is 3. The number of rotatable bonds is 8. The Morgan fingerprint density at radius 2 is 2.04 bits per heavy atom. The Kier molecular flexibility index (Phi) is 7.21. The number of carbonyl (C=O) groups is 1. The molecule has 5 nitrogen and oxygen atoms in total. The molecule has 1 amide bonds. The zero-order valence-electron chi connectivity index (χ0n) is 15.4. The first-order chi connectivity index (χ1) is 11.5. The van der Waals surface area contributed by atoms with Crippen molar-refractivity contribution in [2.24, 2.45) is 5.92 Å². The Morgan fingerprint density at radius 3 is 2.71 bits per heavy atom. The SMILES string of the molecule is CCN(CC)Cc1cccc(NC(=O)C2CC(CC(C)C)NN2)c1. The van der Waals surface area contributed by atoms with E-state index in [1.54, 1.807) is 0 Å². The van der Waals surface area contributed by atoms with Crippen molar-refractivity contribution in [3.8, 4) is 0 Å². The van der Waals surface area contributed by atoms with E-state index in [4.69, 9.17) is 0 Å². The highest BCUT2D eigenvalue weighted by Gasteiger charge is 2.29. The van der Waals surface area contributed by atoms with Crippen LogP contribution >= 0.6 is 0 Å². The maximum absolute atomic E-state index is 12.5. The summed E-state index contributed by atoms with van der Waals surface area (Å²) in [7, 11) is 0. The van der Waals surface area contributed by atoms with Crippen LogP contribution in [0.5, 0.6) is 0 Å². The number of benzene rings is 1. The predicted molar refractivity (Wildman–Crippen MR) is 99.6 cm³/mol. The average Bonchev–Trinajstić information content (AvgIpc) is 3.00. The van der Waals surface area contributed by atoms with Gasteiger partial charge in [-0.1, -0.05) is 39.8 Å². The quantitative estimate of drug-likeness (QED) is 0.685. The molecule has 2 rings (SSSR count). The molecule has 0 saturated carbocycles. The molecular weight excluding hydrogens is 300 g/mol. The highest BCUT2D eigenvalue weighted by atomic mass is 16.2. The van der Waals surface area contributed by atoms with Crippen molar-refractivity contribution in [1.82, 2.24) is 15.8 Å². The molecule has 1 saturated heterocycles. The van der Waals surface area contributed by atoms with Gasteiger partial charge in [0.15, 0.2) is 0 Å². The van der Waals surface area contributed by atoms with Gasteiger partial charge >= 0.3 is 0 Å². The zero-order valence-corrected chi connectivity index (χ0v) is 15.4. The minimum atomic E-state index is -0.166. The van der Waals surface area contributed by atoms with Crippen LogP contribution in [-0.4, -0.2) is 36.0 Å². The van der Waals surface area contributed by atoms with Crippen molar-refractivity contribution in [2.45, 2.75) is 59.2 Å². The maximum atomic E-state index is 12.5. The van der Waals surface area contributed by atoms with E-state index in [9.17, 15) is 4.79 Å². The molecule has 0 bridgehead atoms. The molecule has 1 aliphatic heterocycles. The summed E-state index contributed by atoms with van der Waals surface area (Å²) in [5.41, 5.74) is 8.47. The van der Waals surface area contributed by atoms with Crippen LogP contribution in [0.4, 0.5) is 5.69 Å². The lowest BCUT2D eigenvalue weighted by Gasteiger charge is -2.18. The first-order valence-electron chi connectivity index (χ1n) is 9.15. The molecule has 5 heteroatoms. The molecule has 1 fully saturated rings. The number of anilines is 1. The fourth-order valence-corrected chi connectivity index (χ4v) is 3.20. The van der Waals surface area contributed by atoms with E-state index in [0.29, 0.717) is 12.0 Å². The lowest BCUT2D eigenvalue weighted by molar-refractivity contribution is -0.117. The third-order valence-corrected chi connectivity index (χ3v) is 4.55. The van der Waals surface area contributed by atoms with Crippen LogP contribution in [0.25, 0.3) is 0 Å². The van der Waals surface area contributed by atoms with Gasteiger partial charge in [0.05, 0.1) is 0 Å². The van der Waals surface area contributed by atoms with Crippen LogP contribution in [0.15, 0.2) is 24.3 Å². The van der Waals surface area contributed by atoms with Gasteiger partial charge in [-0.25, -0.2) is 5.43 Å². The van der Waals surface area contributed by atoms with Gasteiger partial charge in [-0.2, -0.15) is 0 Å². The third kappa shape index (κ3) is 5.58. The summed E-state index contributed by atoms with van der Waals surface area (Å²) in [5.74, 6) is 0.664. The molecule has 0 aromatic heterocycles. The normalized spacial score (nSPS) is 20.8. The predicted octanol–water partition coefficient (Wildman–Crippen LogP) is 2.75. The topological polar surface area (TPSA) is 56.4 Å². The summed E-state index contributed by atoms with van der Waals surface area (Å²) in [5, 5.41) is 3.05. The summed E-state index contributed by atoms with van der Waals surface area (Å²) in [4.78, 5) is 14.8. The minimum absolute atomic E-state index is 0.0359. The van der Waals surface area contributed by atoms with E-state index in [0.717, 1.165) is 38.2 Å². The fraction of sp³-hybridized carbons (Fsp3) is 0.632. The first kappa shape index (κ1) is 18.9. The van der Waals surface area contributed by atoms with Crippen LogP contribution < -0.4 is 16.2 Å². The number of hydrogen-bond donors (Lipinski definition) is 3. The Balaban J connectivity index is 1.90. The van der Waals surface area contributed by atoms with Gasteiger partial charge in [-0.05, 0) is 49.5 Å². The van der Waals surface area contributed by atoms with Gasteiger partial charge in [-0.3, -0.25) is 15.1 Å². The second kappa shape index (κ2) is 9.16. The Morgan fingerprint density at radius 1 is 1.29 bits per heavy atom. The van der Waals surface area contributed by atoms with Crippen molar-refractivity contribution >= 4 is 11.6 Å². The Bertz CT molecular complexity index is 528. The molecule has 1 aliphatic rings. The summed E-state index contributed by atoms with van der Waals surface area (Å²) in [6.07, 6.45) is 1.92. The van der Waals surface area contributed by atoms with Gasteiger partial charge in [-0.15, -0.1) is 0 Å². The first-order valence-corrected chi connectivity index (χ1v) is 9.15. The average molecular weight is 332 g/mol. The maximum Gasteiger partial charge on any atom is 0.242 e. The van der Waals surface area contributed by atoms with Crippen LogP contribution in [0.2, 0.25) is 0 Å². The Labute approximate surface area is 146 Å². The van der Waals surface area contributed by atoms with E-state index in [1.165, 1.54) is 5.56 Å². The number of hydrogen-bond acceptors (Lipinski definition) is 4. The van der Waals surface area contributed by atoms with E-state index in [1.807, 2.05) is 12.1 Å². The lowest BCUT2D eigenvalue weighted by Crippen LogP contribution is -2.40. The van der Waals surface area contributed by atoms with E-state index < -0.39 is 0 Å². The van der Waals surface area contributed by atoms with E-state index in [2.05, 4.69) is 60.9 Å². The monoisotopic (exact) mass is 332 g/mol.